The summed E-state index contributed by atoms with van der Waals surface area (Å²) in [6.45, 7) is 2.00. The Kier molecular flexibility index (Phi) is 5.32. The number of nitrogens with zero attached hydrogens (tertiary/aromatic N) is 2. The highest BCUT2D eigenvalue weighted by atomic mass is 16.6. The van der Waals surface area contributed by atoms with Crippen molar-refractivity contribution in [2.45, 2.75) is 57.4 Å². The Balaban J connectivity index is 2.38. The van der Waals surface area contributed by atoms with E-state index in [9.17, 15) is 10.1 Å². The van der Waals surface area contributed by atoms with E-state index in [0.29, 0.717) is 6.42 Å². The maximum Gasteiger partial charge on any atom is 0.248 e. The van der Waals surface area contributed by atoms with E-state index in [-0.39, 0.29) is 17.8 Å². The summed E-state index contributed by atoms with van der Waals surface area (Å²) >= 11 is 0. The predicted octanol–water partition coefficient (Wildman–Crippen LogP) is 4.36. The van der Waals surface area contributed by atoms with Gasteiger partial charge in [0.25, 0.3) is 0 Å². The quantitative estimate of drug-likeness (QED) is 0.445. The summed E-state index contributed by atoms with van der Waals surface area (Å²) in [5.74, 6) is 0. The average Bonchev–Trinajstić information content (AvgIpc) is 2.54. The molecule has 0 bridgehead atoms. The van der Waals surface area contributed by atoms with Gasteiger partial charge in [0.05, 0.1) is 6.07 Å². The number of nitro groups is 1. The van der Waals surface area contributed by atoms with Crippen molar-refractivity contribution in [1.29, 1.82) is 5.26 Å². The molecule has 0 amide bonds. The van der Waals surface area contributed by atoms with Gasteiger partial charge in [0.15, 0.2) is 0 Å². The van der Waals surface area contributed by atoms with Crippen molar-refractivity contribution in [3.63, 3.8) is 0 Å². The highest BCUT2D eigenvalue weighted by Crippen LogP contribution is 2.36. The lowest BCUT2D eigenvalue weighted by molar-refractivity contribution is -0.559. The molecule has 0 saturated carbocycles. The average molecular weight is 298 g/mol. The van der Waals surface area contributed by atoms with Crippen LogP contribution in [0, 0.1) is 28.4 Å². The fourth-order valence-corrected chi connectivity index (χ4v) is 3.20. The number of hydrogen-bond acceptors (Lipinski definition) is 3. The molecule has 0 aliphatic heterocycles. The van der Waals surface area contributed by atoms with E-state index in [1.54, 1.807) is 0 Å². The molecule has 0 radical (unpaired) electrons. The van der Waals surface area contributed by atoms with Crippen LogP contribution < -0.4 is 0 Å². The van der Waals surface area contributed by atoms with Crippen LogP contribution in [0.2, 0.25) is 0 Å². The van der Waals surface area contributed by atoms with Crippen LogP contribution in [0.25, 0.3) is 0 Å². The van der Waals surface area contributed by atoms with Gasteiger partial charge in [0.1, 0.15) is 0 Å². The van der Waals surface area contributed by atoms with Crippen LogP contribution in [0.1, 0.15) is 49.7 Å². The van der Waals surface area contributed by atoms with Gasteiger partial charge in [-0.3, -0.25) is 10.1 Å². The molecule has 0 N–H and O–H groups in total. The van der Waals surface area contributed by atoms with E-state index in [2.05, 4.69) is 6.07 Å². The monoisotopic (exact) mass is 298 g/mol. The summed E-state index contributed by atoms with van der Waals surface area (Å²) in [6, 6.07) is 9.97. The van der Waals surface area contributed by atoms with Crippen molar-refractivity contribution in [2.75, 3.05) is 0 Å². The smallest absolute Gasteiger partial charge is 0.248 e. The van der Waals surface area contributed by atoms with Gasteiger partial charge in [-0.15, -0.1) is 0 Å². The number of allylic oxidation sites excluding steroid dienone is 1. The molecular formula is C18H22N2O2. The normalized spacial score (nSPS) is 17.2. The molecule has 1 aliphatic rings. The molecule has 1 atom stereocenters. The first-order valence-corrected chi connectivity index (χ1v) is 7.85. The maximum atomic E-state index is 12.0. The molecule has 0 aromatic heterocycles. The highest BCUT2D eigenvalue weighted by molar-refractivity contribution is 5.28. The molecule has 4 heteroatoms. The van der Waals surface area contributed by atoms with Crippen molar-refractivity contribution in [1.82, 2.24) is 0 Å². The zero-order valence-corrected chi connectivity index (χ0v) is 13.0. The minimum Gasteiger partial charge on any atom is -0.264 e. The third-order valence-corrected chi connectivity index (χ3v) is 4.51. The Hall–Kier alpha value is -2.15. The van der Waals surface area contributed by atoms with Crippen LogP contribution >= 0.6 is 0 Å². The van der Waals surface area contributed by atoms with E-state index in [4.69, 9.17) is 5.26 Å². The van der Waals surface area contributed by atoms with Gasteiger partial charge in [-0.25, -0.2) is 0 Å². The second-order valence-corrected chi connectivity index (χ2v) is 6.08. The molecule has 2 rings (SSSR count). The molecule has 0 heterocycles. The fourth-order valence-electron chi connectivity index (χ4n) is 3.20. The summed E-state index contributed by atoms with van der Waals surface area (Å²) in [7, 11) is 0. The van der Waals surface area contributed by atoms with Gasteiger partial charge in [-0.1, -0.05) is 35.9 Å². The molecule has 116 valence electrons. The molecule has 1 aliphatic carbocycles. The Morgan fingerprint density at radius 1 is 1.32 bits per heavy atom. The van der Waals surface area contributed by atoms with E-state index in [0.717, 1.165) is 42.4 Å². The van der Waals surface area contributed by atoms with Gasteiger partial charge in [0, 0.05) is 29.8 Å². The van der Waals surface area contributed by atoms with Crippen LogP contribution in [0.3, 0.4) is 0 Å². The number of hydrogen-bond donors (Lipinski definition) is 0. The van der Waals surface area contributed by atoms with E-state index in [1.165, 1.54) is 0 Å². The number of rotatable bonds is 6. The second-order valence-electron chi connectivity index (χ2n) is 6.08. The lowest BCUT2D eigenvalue weighted by atomic mass is 9.76. The van der Waals surface area contributed by atoms with Crippen molar-refractivity contribution < 1.29 is 4.92 Å². The largest absolute Gasteiger partial charge is 0.264 e. The van der Waals surface area contributed by atoms with Crippen molar-refractivity contribution >= 4 is 0 Å². The van der Waals surface area contributed by atoms with Gasteiger partial charge < -0.3 is 0 Å². The zero-order chi connectivity index (χ0) is 16.0. The number of nitriles is 1. The molecule has 1 unspecified atom stereocenters. The van der Waals surface area contributed by atoms with E-state index >= 15 is 0 Å². The lowest BCUT2D eigenvalue weighted by Crippen LogP contribution is -2.43. The van der Waals surface area contributed by atoms with Crippen molar-refractivity contribution in [3.8, 4) is 6.07 Å². The van der Waals surface area contributed by atoms with Crippen molar-refractivity contribution in [2.24, 2.45) is 0 Å². The Morgan fingerprint density at radius 3 is 2.59 bits per heavy atom. The van der Waals surface area contributed by atoms with Crippen molar-refractivity contribution in [3.05, 3.63) is 57.2 Å². The topological polar surface area (TPSA) is 66.9 Å². The molecule has 0 saturated heterocycles. The number of aryl methyl sites for hydroxylation is 1. The Labute approximate surface area is 131 Å². The third kappa shape index (κ3) is 3.54. The van der Waals surface area contributed by atoms with Crippen LogP contribution in [0.5, 0.6) is 0 Å². The minimum atomic E-state index is -1.12. The fraction of sp³-hybridized carbons (Fsp3) is 0.500. The van der Waals surface area contributed by atoms with Gasteiger partial charge in [0.2, 0.25) is 5.54 Å². The standard InChI is InChI=1S/C18H22N2O2/c1-15-8-10-16(11-9-15)14-18(20(21)22,12-5-13-19)17-6-3-2-4-7-17/h6,8-11H,2-5,7,12,14H2,1H3. The molecular weight excluding hydrogens is 276 g/mol. The SMILES string of the molecule is Cc1ccc(CC(CCC#N)(C2=CCCCC2)[N+](=O)[O-])cc1. The molecule has 1 aromatic carbocycles. The predicted molar refractivity (Wildman–Crippen MR) is 86.0 cm³/mol. The first-order valence-electron chi connectivity index (χ1n) is 7.85. The first kappa shape index (κ1) is 16.2. The van der Waals surface area contributed by atoms with E-state index in [1.807, 2.05) is 37.3 Å². The summed E-state index contributed by atoms with van der Waals surface area (Å²) in [5.41, 5.74) is 1.90. The minimum absolute atomic E-state index is 0.151. The van der Waals surface area contributed by atoms with Crippen LogP contribution in [0.15, 0.2) is 35.9 Å². The molecule has 0 fully saturated rings. The van der Waals surface area contributed by atoms with Crippen LogP contribution in [0.4, 0.5) is 0 Å². The maximum absolute atomic E-state index is 12.0. The van der Waals surface area contributed by atoms with Crippen LogP contribution in [-0.4, -0.2) is 10.5 Å². The summed E-state index contributed by atoms with van der Waals surface area (Å²) in [4.78, 5) is 11.8. The molecule has 0 spiro atoms. The van der Waals surface area contributed by atoms with E-state index < -0.39 is 5.54 Å². The number of benzene rings is 1. The summed E-state index contributed by atoms with van der Waals surface area (Å²) < 4.78 is 0. The molecule has 4 nitrogen and oxygen atoms in total. The second kappa shape index (κ2) is 7.22. The Bertz CT molecular complexity index is 599. The first-order chi connectivity index (χ1) is 10.6. The van der Waals surface area contributed by atoms with Crippen LogP contribution in [-0.2, 0) is 6.42 Å². The molecule has 22 heavy (non-hydrogen) atoms. The van der Waals surface area contributed by atoms with Gasteiger partial charge >= 0.3 is 0 Å². The molecule has 1 aromatic rings. The summed E-state index contributed by atoms with van der Waals surface area (Å²) in [6.07, 6.45) is 6.69. The highest BCUT2D eigenvalue weighted by Gasteiger charge is 2.46. The van der Waals surface area contributed by atoms with Gasteiger partial charge in [-0.05, 0) is 38.2 Å². The Morgan fingerprint density at radius 2 is 2.05 bits per heavy atom. The lowest BCUT2D eigenvalue weighted by Gasteiger charge is -2.29. The summed E-state index contributed by atoms with van der Waals surface area (Å²) in [5, 5.41) is 20.9. The van der Waals surface area contributed by atoms with Gasteiger partial charge in [-0.2, -0.15) is 5.26 Å². The third-order valence-electron chi connectivity index (χ3n) is 4.51. The zero-order valence-electron chi connectivity index (χ0n) is 13.0.